The van der Waals surface area contributed by atoms with E-state index >= 15 is 0 Å². The number of carbonyl (C=O) groups is 2. The largest absolute Gasteiger partial charge is 0.453 e. The fourth-order valence-electron chi connectivity index (χ4n) is 3.51. The van der Waals surface area contributed by atoms with Gasteiger partial charge in [0.1, 0.15) is 0 Å². The average Bonchev–Trinajstić information content (AvgIpc) is 3.38. The van der Waals surface area contributed by atoms with Crippen LogP contribution in [-0.4, -0.2) is 23.0 Å². The molecule has 1 fully saturated rings. The second-order valence-corrected chi connectivity index (χ2v) is 8.26. The molecule has 1 aromatic carbocycles. The summed E-state index contributed by atoms with van der Waals surface area (Å²) in [5.74, 6) is -0.0151. The Balaban J connectivity index is 1.48. The first kappa shape index (κ1) is 20.5. The number of nitrogens with zero attached hydrogens (tertiary/aromatic N) is 1. The van der Waals surface area contributed by atoms with Gasteiger partial charge >= 0.3 is 5.97 Å². The monoisotopic (exact) mass is 400 g/mol. The molecule has 28 heavy (non-hydrogen) atoms. The lowest BCUT2D eigenvalue weighted by Crippen LogP contribution is -2.30. The maximum absolute atomic E-state index is 12.3. The number of nitrogens with one attached hydrogen (secondary N) is 1. The van der Waals surface area contributed by atoms with Crippen LogP contribution >= 0.6 is 11.3 Å². The minimum Gasteiger partial charge on any atom is -0.453 e. The van der Waals surface area contributed by atoms with Gasteiger partial charge < -0.3 is 4.74 Å². The summed E-state index contributed by atoms with van der Waals surface area (Å²) in [6.07, 6.45) is 6.35. The van der Waals surface area contributed by atoms with Crippen LogP contribution in [0.2, 0.25) is 0 Å². The van der Waals surface area contributed by atoms with Crippen molar-refractivity contribution in [1.29, 1.82) is 0 Å². The molecule has 1 amide bonds. The van der Waals surface area contributed by atoms with Crippen LogP contribution in [0.25, 0.3) is 11.3 Å². The lowest BCUT2D eigenvalue weighted by Gasteiger charge is -2.13. The maximum atomic E-state index is 12.3. The first-order valence-electron chi connectivity index (χ1n) is 10.1. The first-order valence-corrected chi connectivity index (χ1v) is 11.0. The van der Waals surface area contributed by atoms with Crippen LogP contribution in [0.3, 0.4) is 0 Å². The summed E-state index contributed by atoms with van der Waals surface area (Å²) in [5.41, 5.74) is 3.11. The highest BCUT2D eigenvalue weighted by molar-refractivity contribution is 7.14. The summed E-state index contributed by atoms with van der Waals surface area (Å²) < 4.78 is 5.29. The molecule has 0 unspecified atom stereocenters. The molecule has 5 nitrogen and oxygen atoms in total. The lowest BCUT2D eigenvalue weighted by molar-refractivity contribution is -0.153. The number of thiazole rings is 1. The predicted octanol–water partition coefficient (Wildman–Crippen LogP) is 5.21. The number of ether oxygens (including phenoxy) is 1. The van der Waals surface area contributed by atoms with Crippen LogP contribution in [0.5, 0.6) is 0 Å². The van der Waals surface area contributed by atoms with Crippen LogP contribution in [0.15, 0.2) is 29.6 Å². The van der Waals surface area contributed by atoms with E-state index in [4.69, 9.17) is 4.74 Å². The average molecular weight is 401 g/mol. The summed E-state index contributed by atoms with van der Waals surface area (Å²) in [6, 6.07) is 8.24. The lowest BCUT2D eigenvalue weighted by atomic mass is 10.0. The van der Waals surface area contributed by atoms with E-state index in [0.29, 0.717) is 17.5 Å². The quantitative estimate of drug-likeness (QED) is 0.617. The zero-order chi connectivity index (χ0) is 19.9. The Hall–Kier alpha value is -2.21. The van der Waals surface area contributed by atoms with E-state index in [1.54, 1.807) is 6.92 Å². The van der Waals surface area contributed by atoms with Crippen molar-refractivity contribution in [3.05, 3.63) is 35.2 Å². The van der Waals surface area contributed by atoms with E-state index in [1.807, 2.05) is 17.5 Å². The number of hydrogen-bond acceptors (Lipinski definition) is 5. The molecule has 150 valence electrons. The molecule has 1 atom stereocenters. The Bertz CT molecular complexity index is 794. The molecule has 0 saturated heterocycles. The number of aryl methyl sites for hydroxylation is 1. The van der Waals surface area contributed by atoms with Crippen molar-refractivity contribution < 1.29 is 14.3 Å². The number of amides is 1. The molecular formula is C22H28N2O3S. The molecule has 1 heterocycles. The van der Waals surface area contributed by atoms with Crippen molar-refractivity contribution in [2.75, 3.05) is 5.32 Å². The topological polar surface area (TPSA) is 68.3 Å². The molecule has 6 heteroatoms. The highest BCUT2D eigenvalue weighted by Crippen LogP contribution is 2.29. The van der Waals surface area contributed by atoms with Gasteiger partial charge in [-0.3, -0.25) is 14.9 Å². The van der Waals surface area contributed by atoms with Gasteiger partial charge in [0.15, 0.2) is 11.2 Å². The van der Waals surface area contributed by atoms with Gasteiger partial charge in [-0.05, 0) is 31.2 Å². The molecule has 0 spiro atoms. The van der Waals surface area contributed by atoms with Crippen LogP contribution in [-0.2, 0) is 20.7 Å². The number of rotatable bonds is 8. The summed E-state index contributed by atoms with van der Waals surface area (Å²) in [4.78, 5) is 28.8. The van der Waals surface area contributed by atoms with E-state index < -0.39 is 6.10 Å². The van der Waals surface area contributed by atoms with Crippen LogP contribution in [0.4, 0.5) is 5.13 Å². The molecule has 1 saturated carbocycles. The van der Waals surface area contributed by atoms with E-state index in [0.717, 1.165) is 24.1 Å². The zero-order valence-corrected chi connectivity index (χ0v) is 17.4. The normalized spacial score (nSPS) is 15.4. The van der Waals surface area contributed by atoms with Gasteiger partial charge in [0.05, 0.1) is 5.69 Å². The Kier molecular flexibility index (Phi) is 7.20. The van der Waals surface area contributed by atoms with Crippen molar-refractivity contribution in [2.24, 2.45) is 5.92 Å². The minimum atomic E-state index is -0.827. The Morgan fingerprint density at radius 3 is 2.64 bits per heavy atom. The molecule has 1 aliphatic carbocycles. The molecule has 0 aliphatic heterocycles. The highest BCUT2D eigenvalue weighted by Gasteiger charge is 2.21. The molecule has 1 N–H and O–H groups in total. The van der Waals surface area contributed by atoms with Gasteiger partial charge in [-0.25, -0.2) is 4.98 Å². The molecule has 3 rings (SSSR count). The van der Waals surface area contributed by atoms with E-state index in [1.165, 1.54) is 42.6 Å². The standard InChI is InChI=1S/C22H28N2O3S/c1-3-16-8-11-18(12-9-16)19-14-28-22(23-19)24-21(26)15(2)27-20(25)13-10-17-6-4-5-7-17/h8-9,11-12,14-15,17H,3-7,10,13H2,1-2H3,(H,23,24,26)/t15-/m1/s1. The molecular weight excluding hydrogens is 372 g/mol. The summed E-state index contributed by atoms with van der Waals surface area (Å²) >= 11 is 1.36. The van der Waals surface area contributed by atoms with Crippen molar-refractivity contribution in [2.45, 2.75) is 64.9 Å². The highest BCUT2D eigenvalue weighted by atomic mass is 32.1. The summed E-state index contributed by atoms with van der Waals surface area (Å²) in [7, 11) is 0. The molecule has 2 aromatic rings. The van der Waals surface area contributed by atoms with Crippen LogP contribution < -0.4 is 5.32 Å². The van der Waals surface area contributed by atoms with Crippen LogP contribution in [0, 0.1) is 5.92 Å². The third-order valence-electron chi connectivity index (χ3n) is 5.30. The van der Waals surface area contributed by atoms with Gasteiger partial charge in [-0.2, -0.15) is 0 Å². The molecule has 0 bridgehead atoms. The fourth-order valence-corrected chi connectivity index (χ4v) is 4.24. The third-order valence-corrected chi connectivity index (χ3v) is 6.06. The number of anilines is 1. The van der Waals surface area contributed by atoms with E-state index in [-0.39, 0.29) is 11.9 Å². The molecule has 1 aromatic heterocycles. The Morgan fingerprint density at radius 1 is 1.25 bits per heavy atom. The predicted molar refractivity (Wildman–Crippen MR) is 112 cm³/mol. The van der Waals surface area contributed by atoms with Crippen molar-refractivity contribution in [3.8, 4) is 11.3 Å². The van der Waals surface area contributed by atoms with E-state index in [9.17, 15) is 9.59 Å². The third kappa shape index (κ3) is 5.64. The molecule has 0 radical (unpaired) electrons. The molecule has 1 aliphatic rings. The van der Waals surface area contributed by atoms with Crippen molar-refractivity contribution in [1.82, 2.24) is 4.98 Å². The van der Waals surface area contributed by atoms with Gasteiger partial charge in [0.25, 0.3) is 5.91 Å². The second kappa shape index (κ2) is 9.82. The van der Waals surface area contributed by atoms with Crippen molar-refractivity contribution >= 4 is 28.3 Å². The summed E-state index contributed by atoms with van der Waals surface area (Å²) in [6.45, 7) is 3.72. The van der Waals surface area contributed by atoms with Gasteiger partial charge in [-0.15, -0.1) is 11.3 Å². The van der Waals surface area contributed by atoms with Crippen molar-refractivity contribution in [3.63, 3.8) is 0 Å². The Labute approximate surface area is 170 Å². The van der Waals surface area contributed by atoms with Gasteiger partial charge in [0, 0.05) is 17.4 Å². The van der Waals surface area contributed by atoms with E-state index in [2.05, 4.69) is 29.4 Å². The minimum absolute atomic E-state index is 0.301. The number of carbonyl (C=O) groups excluding carboxylic acids is 2. The SMILES string of the molecule is CCc1ccc(-c2csc(NC(=O)[C@@H](C)OC(=O)CCC3CCCC3)n2)cc1. The van der Waals surface area contributed by atoms with Gasteiger partial charge in [0.2, 0.25) is 0 Å². The van der Waals surface area contributed by atoms with Crippen LogP contribution in [0.1, 0.15) is 57.9 Å². The fraction of sp³-hybridized carbons (Fsp3) is 0.500. The maximum Gasteiger partial charge on any atom is 0.306 e. The number of benzene rings is 1. The number of esters is 1. The zero-order valence-electron chi connectivity index (χ0n) is 16.6. The Morgan fingerprint density at radius 2 is 1.96 bits per heavy atom. The second-order valence-electron chi connectivity index (χ2n) is 7.40. The smallest absolute Gasteiger partial charge is 0.306 e. The number of hydrogen-bond donors (Lipinski definition) is 1. The summed E-state index contributed by atoms with van der Waals surface area (Å²) in [5, 5.41) is 5.17. The number of aromatic nitrogens is 1. The van der Waals surface area contributed by atoms with Gasteiger partial charge in [-0.1, -0.05) is 56.9 Å². The first-order chi connectivity index (χ1) is 13.5.